The number of ether oxygens (including phenoxy) is 2. The molecule has 0 unspecified atom stereocenters. The third kappa shape index (κ3) is 6.78. The van der Waals surface area contributed by atoms with Crippen LogP contribution in [0.3, 0.4) is 0 Å². The van der Waals surface area contributed by atoms with Gasteiger partial charge in [0.15, 0.2) is 5.96 Å². The SMILES string of the molecule is CCNC(=NCc1cc(Br)ccc1OC)NC1CCN(CCOC)CC1. The van der Waals surface area contributed by atoms with Gasteiger partial charge >= 0.3 is 0 Å². The molecule has 0 amide bonds. The van der Waals surface area contributed by atoms with E-state index in [9.17, 15) is 0 Å². The first-order valence-corrected chi connectivity index (χ1v) is 10.0. The third-order valence-corrected chi connectivity index (χ3v) is 5.03. The van der Waals surface area contributed by atoms with E-state index in [1.807, 2.05) is 12.1 Å². The molecule has 0 aliphatic carbocycles. The second-order valence-electron chi connectivity index (χ2n) is 6.40. The van der Waals surface area contributed by atoms with Crippen LogP contribution >= 0.6 is 15.9 Å². The van der Waals surface area contributed by atoms with E-state index in [0.717, 1.165) is 67.4 Å². The molecular weight excluding hydrogens is 396 g/mol. The Morgan fingerprint density at radius 1 is 1.31 bits per heavy atom. The van der Waals surface area contributed by atoms with E-state index >= 15 is 0 Å². The number of guanidine groups is 1. The van der Waals surface area contributed by atoms with Crippen molar-refractivity contribution in [2.45, 2.75) is 32.4 Å². The summed E-state index contributed by atoms with van der Waals surface area (Å²) < 4.78 is 11.6. The fourth-order valence-electron chi connectivity index (χ4n) is 3.07. The second kappa shape index (κ2) is 11.4. The summed E-state index contributed by atoms with van der Waals surface area (Å²) in [5.74, 6) is 1.73. The molecule has 7 heteroatoms. The van der Waals surface area contributed by atoms with Crippen molar-refractivity contribution in [1.82, 2.24) is 15.5 Å². The van der Waals surface area contributed by atoms with Crippen molar-refractivity contribution in [3.05, 3.63) is 28.2 Å². The van der Waals surface area contributed by atoms with Crippen LogP contribution in [-0.4, -0.2) is 63.9 Å². The van der Waals surface area contributed by atoms with Crippen LogP contribution in [0, 0.1) is 0 Å². The van der Waals surface area contributed by atoms with Crippen LogP contribution in [0.1, 0.15) is 25.3 Å². The lowest BCUT2D eigenvalue weighted by Gasteiger charge is -2.32. The summed E-state index contributed by atoms with van der Waals surface area (Å²) in [6.45, 7) is 7.51. The summed E-state index contributed by atoms with van der Waals surface area (Å²) in [5, 5.41) is 6.93. The number of rotatable bonds is 8. The van der Waals surface area contributed by atoms with Gasteiger partial charge in [-0.2, -0.15) is 0 Å². The van der Waals surface area contributed by atoms with Gasteiger partial charge in [0, 0.05) is 49.4 Å². The molecule has 1 aliphatic heterocycles. The lowest BCUT2D eigenvalue weighted by Crippen LogP contribution is -2.49. The number of aliphatic imine (C=N–C) groups is 1. The molecule has 0 radical (unpaired) electrons. The first-order chi connectivity index (χ1) is 12.7. The molecule has 2 N–H and O–H groups in total. The van der Waals surface area contributed by atoms with Gasteiger partial charge in [-0.15, -0.1) is 0 Å². The van der Waals surface area contributed by atoms with Crippen molar-refractivity contribution < 1.29 is 9.47 Å². The fourth-order valence-corrected chi connectivity index (χ4v) is 3.48. The zero-order valence-electron chi connectivity index (χ0n) is 16.1. The minimum atomic E-state index is 0.455. The molecule has 1 aromatic carbocycles. The van der Waals surface area contributed by atoms with E-state index in [1.165, 1.54) is 0 Å². The van der Waals surface area contributed by atoms with Gasteiger partial charge in [-0.1, -0.05) is 15.9 Å². The third-order valence-electron chi connectivity index (χ3n) is 4.53. The van der Waals surface area contributed by atoms with Crippen LogP contribution in [0.5, 0.6) is 5.75 Å². The molecule has 0 bridgehead atoms. The lowest BCUT2D eigenvalue weighted by molar-refractivity contribution is 0.128. The van der Waals surface area contributed by atoms with Crippen LogP contribution in [0.15, 0.2) is 27.7 Å². The van der Waals surface area contributed by atoms with E-state index in [4.69, 9.17) is 14.5 Å². The quantitative estimate of drug-likeness (QED) is 0.494. The van der Waals surface area contributed by atoms with Crippen LogP contribution in [0.25, 0.3) is 0 Å². The zero-order valence-corrected chi connectivity index (χ0v) is 17.6. The molecule has 0 atom stereocenters. The van der Waals surface area contributed by atoms with Gasteiger partial charge in [0.25, 0.3) is 0 Å². The van der Waals surface area contributed by atoms with Gasteiger partial charge in [-0.05, 0) is 38.0 Å². The maximum atomic E-state index is 5.44. The van der Waals surface area contributed by atoms with Crippen molar-refractivity contribution >= 4 is 21.9 Å². The van der Waals surface area contributed by atoms with Crippen molar-refractivity contribution in [3.8, 4) is 5.75 Å². The predicted octanol–water partition coefficient (Wildman–Crippen LogP) is 2.62. The van der Waals surface area contributed by atoms with E-state index in [-0.39, 0.29) is 0 Å². The highest BCUT2D eigenvalue weighted by molar-refractivity contribution is 9.10. The normalized spacial score (nSPS) is 16.5. The molecule has 26 heavy (non-hydrogen) atoms. The standard InChI is InChI=1S/C19H31BrN4O2/c1-4-21-19(22-14-15-13-16(20)5-6-18(15)26-3)23-17-7-9-24(10-8-17)11-12-25-2/h5-6,13,17H,4,7-12,14H2,1-3H3,(H2,21,22,23). The highest BCUT2D eigenvalue weighted by Crippen LogP contribution is 2.23. The summed E-state index contributed by atoms with van der Waals surface area (Å²) in [4.78, 5) is 7.21. The molecule has 0 aromatic heterocycles. The molecule has 1 saturated heterocycles. The molecule has 2 rings (SSSR count). The number of halogens is 1. The first-order valence-electron chi connectivity index (χ1n) is 9.24. The topological polar surface area (TPSA) is 58.1 Å². The van der Waals surface area contributed by atoms with E-state index in [2.05, 4.69) is 44.5 Å². The predicted molar refractivity (Wildman–Crippen MR) is 110 cm³/mol. The Morgan fingerprint density at radius 2 is 2.08 bits per heavy atom. The first kappa shape index (κ1) is 21.0. The zero-order chi connectivity index (χ0) is 18.8. The summed E-state index contributed by atoms with van der Waals surface area (Å²) >= 11 is 3.52. The van der Waals surface area contributed by atoms with Crippen molar-refractivity contribution in [2.24, 2.45) is 4.99 Å². The summed E-state index contributed by atoms with van der Waals surface area (Å²) in [6.07, 6.45) is 2.24. The number of benzene rings is 1. The van der Waals surface area contributed by atoms with Gasteiger partial charge in [-0.25, -0.2) is 4.99 Å². The average molecular weight is 427 g/mol. The van der Waals surface area contributed by atoms with Gasteiger partial charge in [0.1, 0.15) is 5.75 Å². The molecule has 1 aromatic rings. The smallest absolute Gasteiger partial charge is 0.191 e. The Hall–Kier alpha value is -1.31. The molecule has 0 saturated carbocycles. The lowest BCUT2D eigenvalue weighted by atomic mass is 10.1. The Bertz CT molecular complexity index is 575. The minimum Gasteiger partial charge on any atom is -0.496 e. The van der Waals surface area contributed by atoms with Crippen molar-refractivity contribution in [1.29, 1.82) is 0 Å². The molecule has 1 heterocycles. The van der Waals surface area contributed by atoms with Gasteiger partial charge in [0.2, 0.25) is 0 Å². The van der Waals surface area contributed by atoms with Crippen LogP contribution in [0.4, 0.5) is 0 Å². The van der Waals surface area contributed by atoms with Gasteiger partial charge in [0.05, 0.1) is 20.3 Å². The molecule has 0 spiro atoms. The Kier molecular flexibility index (Phi) is 9.22. The van der Waals surface area contributed by atoms with E-state index in [1.54, 1.807) is 14.2 Å². The Labute approximate surface area is 165 Å². The van der Waals surface area contributed by atoms with E-state index in [0.29, 0.717) is 12.6 Å². The van der Waals surface area contributed by atoms with Crippen molar-refractivity contribution in [3.63, 3.8) is 0 Å². The summed E-state index contributed by atoms with van der Waals surface area (Å²) in [7, 11) is 3.45. The number of hydrogen-bond donors (Lipinski definition) is 2. The molecule has 6 nitrogen and oxygen atoms in total. The maximum absolute atomic E-state index is 5.44. The second-order valence-corrected chi connectivity index (χ2v) is 7.32. The fraction of sp³-hybridized carbons (Fsp3) is 0.632. The Morgan fingerprint density at radius 3 is 2.73 bits per heavy atom. The van der Waals surface area contributed by atoms with Crippen LogP contribution < -0.4 is 15.4 Å². The largest absolute Gasteiger partial charge is 0.496 e. The number of methoxy groups -OCH3 is 2. The average Bonchev–Trinajstić information content (AvgIpc) is 2.66. The van der Waals surface area contributed by atoms with Crippen LogP contribution in [0.2, 0.25) is 0 Å². The highest BCUT2D eigenvalue weighted by Gasteiger charge is 2.19. The number of nitrogens with one attached hydrogen (secondary N) is 2. The van der Waals surface area contributed by atoms with Gasteiger partial charge in [-0.3, -0.25) is 0 Å². The number of nitrogens with zero attached hydrogens (tertiary/aromatic N) is 2. The molecule has 1 fully saturated rings. The monoisotopic (exact) mass is 426 g/mol. The molecular formula is C19H31BrN4O2. The van der Waals surface area contributed by atoms with Crippen LogP contribution in [-0.2, 0) is 11.3 Å². The Balaban J connectivity index is 1.92. The summed E-state index contributed by atoms with van der Waals surface area (Å²) in [6, 6.07) is 6.45. The maximum Gasteiger partial charge on any atom is 0.191 e. The van der Waals surface area contributed by atoms with Crippen molar-refractivity contribution in [2.75, 3.05) is 47.0 Å². The number of piperidine rings is 1. The number of likely N-dealkylation sites (tertiary alicyclic amines) is 1. The van der Waals surface area contributed by atoms with E-state index < -0.39 is 0 Å². The van der Waals surface area contributed by atoms with Gasteiger partial charge < -0.3 is 25.0 Å². The number of hydrogen-bond acceptors (Lipinski definition) is 4. The molecule has 1 aliphatic rings. The molecule has 146 valence electrons. The minimum absolute atomic E-state index is 0.455. The highest BCUT2D eigenvalue weighted by atomic mass is 79.9. The summed E-state index contributed by atoms with van der Waals surface area (Å²) in [5.41, 5.74) is 1.06.